The van der Waals surface area contributed by atoms with Gasteiger partial charge in [-0.3, -0.25) is 0 Å². The molecular weight excluding hydrogens is 262 g/mol. The van der Waals surface area contributed by atoms with Gasteiger partial charge in [-0.05, 0) is 54.3 Å². The molecule has 16 heavy (non-hydrogen) atoms. The molecule has 2 rings (SSSR count). The van der Waals surface area contributed by atoms with E-state index in [1.165, 1.54) is 22.9 Å². The molecule has 1 aromatic carbocycles. The zero-order chi connectivity index (χ0) is 11.8. The maximum Gasteiger partial charge on any atom is 0.0177 e. The van der Waals surface area contributed by atoms with Crippen molar-refractivity contribution < 1.29 is 0 Å². The van der Waals surface area contributed by atoms with Gasteiger partial charge in [-0.15, -0.1) is 0 Å². The van der Waals surface area contributed by atoms with Crippen LogP contribution >= 0.6 is 15.9 Å². The summed E-state index contributed by atoms with van der Waals surface area (Å²) >= 11 is 3.51. The maximum absolute atomic E-state index is 5.79. The maximum atomic E-state index is 5.79. The van der Waals surface area contributed by atoms with Crippen molar-refractivity contribution in [1.82, 2.24) is 0 Å². The van der Waals surface area contributed by atoms with Crippen LogP contribution in [-0.4, -0.2) is 6.54 Å². The summed E-state index contributed by atoms with van der Waals surface area (Å²) in [6.07, 6.45) is 2.44. The quantitative estimate of drug-likeness (QED) is 0.897. The van der Waals surface area contributed by atoms with E-state index in [-0.39, 0.29) is 0 Å². The topological polar surface area (TPSA) is 26.0 Å². The summed E-state index contributed by atoms with van der Waals surface area (Å²) in [5, 5.41) is 0. The second-order valence-corrected chi connectivity index (χ2v) is 6.35. The first-order chi connectivity index (χ1) is 7.55. The molecule has 0 radical (unpaired) electrons. The van der Waals surface area contributed by atoms with Crippen LogP contribution in [0, 0.1) is 17.3 Å². The van der Waals surface area contributed by atoms with Crippen LogP contribution in [0.5, 0.6) is 0 Å². The SMILES string of the molecule is CC1(C)[C@@H](CN)[C@@H]1CCc1cccc(Br)c1. The van der Waals surface area contributed by atoms with E-state index in [4.69, 9.17) is 5.73 Å². The van der Waals surface area contributed by atoms with Gasteiger partial charge in [0.2, 0.25) is 0 Å². The summed E-state index contributed by atoms with van der Waals surface area (Å²) in [7, 11) is 0. The van der Waals surface area contributed by atoms with Gasteiger partial charge in [-0.2, -0.15) is 0 Å². The molecule has 0 bridgehead atoms. The number of hydrogen-bond acceptors (Lipinski definition) is 1. The van der Waals surface area contributed by atoms with Gasteiger partial charge in [0.15, 0.2) is 0 Å². The summed E-state index contributed by atoms with van der Waals surface area (Å²) in [6.45, 7) is 5.53. The van der Waals surface area contributed by atoms with Gasteiger partial charge in [0.25, 0.3) is 0 Å². The number of nitrogens with two attached hydrogens (primary N) is 1. The van der Waals surface area contributed by atoms with Gasteiger partial charge in [0.05, 0.1) is 0 Å². The van der Waals surface area contributed by atoms with Crippen molar-refractivity contribution in [2.75, 3.05) is 6.54 Å². The lowest BCUT2D eigenvalue weighted by Gasteiger charge is -2.03. The van der Waals surface area contributed by atoms with Gasteiger partial charge >= 0.3 is 0 Å². The number of rotatable bonds is 4. The van der Waals surface area contributed by atoms with Gasteiger partial charge in [0, 0.05) is 4.47 Å². The van der Waals surface area contributed by atoms with E-state index in [2.05, 4.69) is 54.0 Å². The minimum absolute atomic E-state index is 0.473. The molecule has 88 valence electrons. The summed E-state index contributed by atoms with van der Waals surface area (Å²) in [6, 6.07) is 8.61. The molecule has 1 nitrogen and oxygen atoms in total. The first-order valence-electron chi connectivity index (χ1n) is 6.00. The number of aryl methyl sites for hydroxylation is 1. The molecule has 1 fully saturated rings. The van der Waals surface area contributed by atoms with Gasteiger partial charge in [-0.1, -0.05) is 41.9 Å². The smallest absolute Gasteiger partial charge is 0.0177 e. The third-order valence-corrected chi connectivity index (χ3v) is 4.67. The second kappa shape index (κ2) is 4.50. The lowest BCUT2D eigenvalue weighted by Crippen LogP contribution is -2.05. The Labute approximate surface area is 107 Å². The van der Waals surface area contributed by atoms with Crippen molar-refractivity contribution in [3.05, 3.63) is 34.3 Å². The van der Waals surface area contributed by atoms with Crippen LogP contribution in [0.25, 0.3) is 0 Å². The number of hydrogen-bond donors (Lipinski definition) is 1. The fourth-order valence-electron chi connectivity index (χ4n) is 2.91. The Morgan fingerprint density at radius 2 is 2.06 bits per heavy atom. The van der Waals surface area contributed by atoms with Crippen LogP contribution in [0.4, 0.5) is 0 Å². The number of halogens is 1. The second-order valence-electron chi connectivity index (χ2n) is 5.44. The molecule has 0 aliphatic heterocycles. The molecule has 1 aromatic rings. The highest BCUT2D eigenvalue weighted by Gasteiger charge is 2.55. The zero-order valence-electron chi connectivity index (χ0n) is 10.0. The largest absolute Gasteiger partial charge is 0.330 e. The molecule has 0 saturated heterocycles. The Balaban J connectivity index is 1.90. The van der Waals surface area contributed by atoms with E-state index >= 15 is 0 Å². The molecule has 2 N–H and O–H groups in total. The molecule has 2 atom stereocenters. The van der Waals surface area contributed by atoms with Crippen molar-refractivity contribution >= 4 is 15.9 Å². The highest BCUT2D eigenvalue weighted by atomic mass is 79.9. The van der Waals surface area contributed by atoms with E-state index in [0.29, 0.717) is 5.41 Å². The standard InChI is InChI=1S/C14H20BrN/c1-14(2)12(13(14)9-16)7-6-10-4-3-5-11(15)8-10/h3-5,8,12-13H,6-7,9,16H2,1-2H3/t12-,13-/m0/s1. The van der Waals surface area contributed by atoms with Crippen molar-refractivity contribution in [3.63, 3.8) is 0 Å². The van der Waals surface area contributed by atoms with E-state index in [1.54, 1.807) is 0 Å². The minimum Gasteiger partial charge on any atom is -0.330 e. The number of benzene rings is 1. The molecule has 0 heterocycles. The summed E-state index contributed by atoms with van der Waals surface area (Å²) in [5.41, 5.74) is 7.68. The Kier molecular flexibility index (Phi) is 3.41. The van der Waals surface area contributed by atoms with Crippen molar-refractivity contribution in [2.45, 2.75) is 26.7 Å². The van der Waals surface area contributed by atoms with Crippen molar-refractivity contribution in [1.29, 1.82) is 0 Å². The van der Waals surface area contributed by atoms with Crippen LogP contribution in [0.2, 0.25) is 0 Å². The predicted octanol–water partition coefficient (Wildman–Crippen LogP) is 3.61. The molecular formula is C14H20BrN. The van der Waals surface area contributed by atoms with Crippen LogP contribution in [0.15, 0.2) is 28.7 Å². The van der Waals surface area contributed by atoms with Crippen LogP contribution in [0.3, 0.4) is 0 Å². The van der Waals surface area contributed by atoms with E-state index in [9.17, 15) is 0 Å². The van der Waals surface area contributed by atoms with Crippen molar-refractivity contribution in [2.24, 2.45) is 23.0 Å². The molecule has 0 amide bonds. The Bertz CT molecular complexity index is 373. The highest BCUT2D eigenvalue weighted by molar-refractivity contribution is 9.10. The van der Waals surface area contributed by atoms with Gasteiger partial charge in [-0.25, -0.2) is 0 Å². The van der Waals surface area contributed by atoms with Gasteiger partial charge in [0.1, 0.15) is 0 Å². The average Bonchev–Trinajstić information content (AvgIpc) is 2.76. The average molecular weight is 282 g/mol. The highest BCUT2D eigenvalue weighted by Crippen LogP contribution is 2.59. The predicted molar refractivity (Wildman–Crippen MR) is 72.3 cm³/mol. The molecule has 1 saturated carbocycles. The molecule has 2 heteroatoms. The molecule has 1 aliphatic carbocycles. The Hall–Kier alpha value is -0.340. The minimum atomic E-state index is 0.473. The molecule has 1 aliphatic rings. The van der Waals surface area contributed by atoms with E-state index < -0.39 is 0 Å². The third kappa shape index (κ3) is 2.33. The van der Waals surface area contributed by atoms with Crippen LogP contribution in [-0.2, 0) is 6.42 Å². The Morgan fingerprint density at radius 3 is 2.62 bits per heavy atom. The summed E-state index contributed by atoms with van der Waals surface area (Å²) in [5.74, 6) is 1.55. The van der Waals surface area contributed by atoms with Crippen molar-refractivity contribution in [3.8, 4) is 0 Å². The summed E-state index contributed by atoms with van der Waals surface area (Å²) < 4.78 is 1.18. The lowest BCUT2D eigenvalue weighted by atomic mass is 10.0. The summed E-state index contributed by atoms with van der Waals surface area (Å²) in [4.78, 5) is 0. The van der Waals surface area contributed by atoms with Gasteiger partial charge < -0.3 is 5.73 Å². The monoisotopic (exact) mass is 281 g/mol. The normalized spacial score (nSPS) is 26.8. The fraction of sp³-hybridized carbons (Fsp3) is 0.571. The third-order valence-electron chi connectivity index (χ3n) is 4.17. The zero-order valence-corrected chi connectivity index (χ0v) is 11.6. The van der Waals surface area contributed by atoms with Crippen LogP contribution in [0.1, 0.15) is 25.8 Å². The molecule has 0 spiro atoms. The van der Waals surface area contributed by atoms with E-state index in [1.807, 2.05) is 0 Å². The van der Waals surface area contributed by atoms with E-state index in [0.717, 1.165) is 18.4 Å². The fourth-order valence-corrected chi connectivity index (χ4v) is 3.36. The van der Waals surface area contributed by atoms with Crippen LogP contribution < -0.4 is 5.73 Å². The molecule has 0 unspecified atom stereocenters. The first kappa shape index (κ1) is 12.1. The lowest BCUT2D eigenvalue weighted by molar-refractivity contribution is 0.522. The first-order valence-corrected chi connectivity index (χ1v) is 6.79. The molecule has 0 aromatic heterocycles. The Morgan fingerprint density at radius 1 is 1.31 bits per heavy atom.